The van der Waals surface area contributed by atoms with Gasteiger partial charge in [0.1, 0.15) is 6.42 Å². The molecule has 0 bridgehead atoms. The zero-order valence-electron chi connectivity index (χ0n) is 9.83. The molecule has 0 saturated carbocycles. The number of hydrogen-bond donors (Lipinski definition) is 1. The third-order valence-electron chi connectivity index (χ3n) is 2.65. The number of methoxy groups -OCH3 is 1. The lowest BCUT2D eigenvalue weighted by Gasteiger charge is -2.26. The van der Waals surface area contributed by atoms with Crippen molar-refractivity contribution in [3.05, 3.63) is 0 Å². The highest BCUT2D eigenvalue weighted by Crippen LogP contribution is 2.09. The topological polar surface area (TPSA) is 58.6 Å². The minimum atomic E-state index is -0.215. The van der Waals surface area contributed by atoms with E-state index in [2.05, 4.69) is 5.32 Å². The number of rotatable bonds is 5. The summed E-state index contributed by atoms with van der Waals surface area (Å²) in [4.78, 5) is 24.8. The summed E-state index contributed by atoms with van der Waals surface area (Å²) in [6.07, 6.45) is 3.25. The maximum absolute atomic E-state index is 11.7. The summed E-state index contributed by atoms with van der Waals surface area (Å²) in [5.41, 5.74) is 0. The van der Waals surface area contributed by atoms with Gasteiger partial charge in [-0.2, -0.15) is 0 Å². The van der Waals surface area contributed by atoms with Gasteiger partial charge in [0.05, 0.1) is 6.61 Å². The highest BCUT2D eigenvalue weighted by molar-refractivity contribution is 5.96. The fraction of sp³-hybridized carbons (Fsp3) is 0.818. The number of ether oxygens (including phenoxy) is 1. The molecule has 0 atom stereocenters. The summed E-state index contributed by atoms with van der Waals surface area (Å²) in [5, 5.41) is 2.64. The first-order chi connectivity index (χ1) is 7.74. The lowest BCUT2D eigenvalue weighted by atomic mass is 10.1. The monoisotopic (exact) mass is 228 g/mol. The Morgan fingerprint density at radius 1 is 1.25 bits per heavy atom. The Morgan fingerprint density at radius 2 is 1.94 bits per heavy atom. The number of carbonyl (C=O) groups excluding carboxylic acids is 2. The SMILES string of the molecule is COCCNC(=O)CC(=O)N1CCCCC1. The van der Waals surface area contributed by atoms with E-state index in [1.54, 1.807) is 12.0 Å². The fourth-order valence-electron chi connectivity index (χ4n) is 1.75. The van der Waals surface area contributed by atoms with Gasteiger partial charge >= 0.3 is 0 Å². The summed E-state index contributed by atoms with van der Waals surface area (Å²) in [6, 6.07) is 0. The van der Waals surface area contributed by atoms with Crippen LogP contribution >= 0.6 is 0 Å². The lowest BCUT2D eigenvalue weighted by molar-refractivity contribution is -0.136. The van der Waals surface area contributed by atoms with Crippen molar-refractivity contribution < 1.29 is 14.3 Å². The minimum Gasteiger partial charge on any atom is -0.383 e. The van der Waals surface area contributed by atoms with Crippen LogP contribution in [-0.2, 0) is 14.3 Å². The van der Waals surface area contributed by atoms with E-state index in [0.29, 0.717) is 13.2 Å². The van der Waals surface area contributed by atoms with Gasteiger partial charge in [0.15, 0.2) is 0 Å². The number of nitrogens with one attached hydrogen (secondary N) is 1. The molecule has 92 valence electrons. The molecule has 0 aromatic rings. The molecule has 1 rings (SSSR count). The summed E-state index contributed by atoms with van der Waals surface area (Å²) in [5.74, 6) is -0.276. The molecular weight excluding hydrogens is 208 g/mol. The molecule has 1 heterocycles. The molecule has 0 radical (unpaired) electrons. The Kier molecular flexibility index (Phi) is 5.85. The molecule has 1 fully saturated rings. The molecular formula is C11H20N2O3. The van der Waals surface area contributed by atoms with E-state index < -0.39 is 0 Å². The van der Waals surface area contributed by atoms with E-state index in [0.717, 1.165) is 25.9 Å². The van der Waals surface area contributed by atoms with Gasteiger partial charge in [-0.1, -0.05) is 0 Å². The van der Waals surface area contributed by atoms with E-state index in [-0.39, 0.29) is 18.2 Å². The van der Waals surface area contributed by atoms with Crippen molar-refractivity contribution >= 4 is 11.8 Å². The highest BCUT2D eigenvalue weighted by atomic mass is 16.5. The van der Waals surface area contributed by atoms with Gasteiger partial charge in [0, 0.05) is 26.7 Å². The number of amides is 2. The molecule has 1 aliphatic heterocycles. The maximum atomic E-state index is 11.7. The summed E-state index contributed by atoms with van der Waals surface area (Å²) < 4.78 is 4.80. The Labute approximate surface area is 96.1 Å². The molecule has 0 aliphatic carbocycles. The maximum Gasteiger partial charge on any atom is 0.232 e. The number of piperidine rings is 1. The Hall–Kier alpha value is -1.10. The molecule has 0 unspecified atom stereocenters. The van der Waals surface area contributed by atoms with E-state index in [1.165, 1.54) is 6.42 Å². The first-order valence-electron chi connectivity index (χ1n) is 5.77. The average molecular weight is 228 g/mol. The highest BCUT2D eigenvalue weighted by Gasteiger charge is 2.18. The van der Waals surface area contributed by atoms with Crippen LogP contribution in [-0.4, -0.2) is 50.1 Å². The van der Waals surface area contributed by atoms with Crippen LogP contribution in [0, 0.1) is 0 Å². The lowest BCUT2D eigenvalue weighted by Crippen LogP contribution is -2.39. The van der Waals surface area contributed by atoms with Crippen molar-refractivity contribution in [1.82, 2.24) is 10.2 Å². The van der Waals surface area contributed by atoms with Crippen LogP contribution in [0.2, 0.25) is 0 Å². The predicted molar refractivity (Wildman–Crippen MR) is 59.9 cm³/mol. The number of hydrogen-bond acceptors (Lipinski definition) is 3. The van der Waals surface area contributed by atoms with Crippen LogP contribution < -0.4 is 5.32 Å². The first kappa shape index (κ1) is 13.0. The molecule has 0 spiro atoms. The summed E-state index contributed by atoms with van der Waals surface area (Å²) >= 11 is 0. The molecule has 0 aromatic heterocycles. The smallest absolute Gasteiger partial charge is 0.232 e. The van der Waals surface area contributed by atoms with Crippen LogP contribution in [0.15, 0.2) is 0 Å². The zero-order valence-corrected chi connectivity index (χ0v) is 9.83. The normalized spacial score (nSPS) is 15.9. The largest absolute Gasteiger partial charge is 0.383 e. The van der Waals surface area contributed by atoms with Gasteiger partial charge in [-0.3, -0.25) is 9.59 Å². The van der Waals surface area contributed by atoms with Crippen molar-refractivity contribution in [3.63, 3.8) is 0 Å². The second-order valence-corrected chi connectivity index (χ2v) is 3.96. The van der Waals surface area contributed by atoms with Crippen LogP contribution in [0.4, 0.5) is 0 Å². The van der Waals surface area contributed by atoms with Crippen molar-refractivity contribution in [2.45, 2.75) is 25.7 Å². The molecule has 2 amide bonds. The summed E-state index contributed by atoms with van der Waals surface area (Å²) in [6.45, 7) is 2.53. The van der Waals surface area contributed by atoms with E-state index in [9.17, 15) is 9.59 Å². The summed E-state index contributed by atoms with van der Waals surface area (Å²) in [7, 11) is 1.57. The average Bonchev–Trinajstić information content (AvgIpc) is 2.30. The zero-order chi connectivity index (χ0) is 11.8. The molecule has 5 heteroatoms. The standard InChI is InChI=1S/C11H20N2O3/c1-16-8-5-12-10(14)9-11(15)13-6-3-2-4-7-13/h2-9H2,1H3,(H,12,14). The predicted octanol–water partition coefficient (Wildman–Crippen LogP) is 0.152. The third kappa shape index (κ3) is 4.61. The molecule has 0 aromatic carbocycles. The van der Waals surface area contributed by atoms with Gasteiger partial charge in [0.25, 0.3) is 0 Å². The molecule has 1 aliphatic rings. The van der Waals surface area contributed by atoms with Crippen LogP contribution in [0.3, 0.4) is 0 Å². The van der Waals surface area contributed by atoms with Crippen LogP contribution in [0.1, 0.15) is 25.7 Å². The second kappa shape index (κ2) is 7.22. The van der Waals surface area contributed by atoms with E-state index >= 15 is 0 Å². The molecule has 1 N–H and O–H groups in total. The van der Waals surface area contributed by atoms with Crippen molar-refractivity contribution in [2.75, 3.05) is 33.4 Å². The molecule has 16 heavy (non-hydrogen) atoms. The quantitative estimate of drug-likeness (QED) is 0.538. The van der Waals surface area contributed by atoms with Gasteiger partial charge in [-0.25, -0.2) is 0 Å². The number of carbonyl (C=O) groups is 2. The third-order valence-corrected chi connectivity index (χ3v) is 2.65. The fourth-order valence-corrected chi connectivity index (χ4v) is 1.75. The van der Waals surface area contributed by atoms with E-state index in [1.807, 2.05) is 0 Å². The van der Waals surface area contributed by atoms with E-state index in [4.69, 9.17) is 4.74 Å². The Balaban J connectivity index is 2.19. The van der Waals surface area contributed by atoms with Crippen LogP contribution in [0.25, 0.3) is 0 Å². The van der Waals surface area contributed by atoms with Gasteiger partial charge in [-0.05, 0) is 19.3 Å². The second-order valence-electron chi connectivity index (χ2n) is 3.96. The van der Waals surface area contributed by atoms with Gasteiger partial charge < -0.3 is 15.0 Å². The van der Waals surface area contributed by atoms with Crippen molar-refractivity contribution in [3.8, 4) is 0 Å². The van der Waals surface area contributed by atoms with Crippen LogP contribution in [0.5, 0.6) is 0 Å². The Bertz CT molecular complexity index is 237. The first-order valence-corrected chi connectivity index (χ1v) is 5.77. The van der Waals surface area contributed by atoms with Gasteiger partial charge in [-0.15, -0.1) is 0 Å². The number of likely N-dealkylation sites (tertiary alicyclic amines) is 1. The minimum absolute atomic E-state index is 0.0380. The molecule has 1 saturated heterocycles. The van der Waals surface area contributed by atoms with Crippen molar-refractivity contribution in [2.24, 2.45) is 0 Å². The van der Waals surface area contributed by atoms with Gasteiger partial charge in [0.2, 0.25) is 11.8 Å². The van der Waals surface area contributed by atoms with Crippen molar-refractivity contribution in [1.29, 1.82) is 0 Å². The Morgan fingerprint density at radius 3 is 2.56 bits per heavy atom. The number of nitrogens with zero attached hydrogens (tertiary/aromatic N) is 1. The molecule has 5 nitrogen and oxygen atoms in total.